The quantitative estimate of drug-likeness (QED) is 0.455. The molecule has 4 heterocycles. The molecule has 10 nitrogen and oxygen atoms in total. The van der Waals surface area contributed by atoms with Crippen LogP contribution in [0.15, 0.2) is 36.0 Å². The summed E-state index contributed by atoms with van der Waals surface area (Å²) in [6.07, 6.45) is 7.77. The van der Waals surface area contributed by atoms with Gasteiger partial charge in [0.05, 0.1) is 38.4 Å². The lowest BCUT2D eigenvalue weighted by Gasteiger charge is -2.32. The molecule has 1 aromatic carbocycles. The van der Waals surface area contributed by atoms with Gasteiger partial charge < -0.3 is 14.4 Å². The topological polar surface area (TPSA) is 101 Å². The Labute approximate surface area is 216 Å². The third-order valence-electron chi connectivity index (χ3n) is 6.17. The van der Waals surface area contributed by atoms with Crippen LogP contribution >= 0.6 is 11.3 Å². The zero-order valence-corrected chi connectivity index (χ0v) is 20.8. The number of benzene rings is 1. The monoisotopic (exact) mass is 522 g/mol. The maximum Gasteiger partial charge on any atom is 0.278 e. The molecule has 0 bridgehead atoms. The Bertz CT molecular complexity index is 1350. The second kappa shape index (κ2) is 10.5. The van der Waals surface area contributed by atoms with Crippen molar-refractivity contribution in [3.8, 4) is 18.1 Å². The number of thiazole rings is 1. The highest BCUT2D eigenvalue weighted by atomic mass is 32.1. The molecule has 2 saturated heterocycles. The average molecular weight is 523 g/mol. The van der Waals surface area contributed by atoms with Crippen molar-refractivity contribution in [3.63, 3.8) is 0 Å². The van der Waals surface area contributed by atoms with Gasteiger partial charge in [-0.15, -0.1) is 17.8 Å². The summed E-state index contributed by atoms with van der Waals surface area (Å²) >= 11 is 1.17. The maximum atomic E-state index is 13.9. The number of terminal acetylenes is 1. The number of aromatic nitrogens is 3. The van der Waals surface area contributed by atoms with E-state index in [9.17, 15) is 14.0 Å². The number of hydrogen-bond donors (Lipinski definition) is 0. The predicted molar refractivity (Wildman–Crippen MR) is 136 cm³/mol. The van der Waals surface area contributed by atoms with Gasteiger partial charge in [-0.25, -0.2) is 19.3 Å². The van der Waals surface area contributed by atoms with E-state index in [0.717, 1.165) is 18.1 Å². The molecule has 1 atom stereocenters. The number of morpholine rings is 1. The van der Waals surface area contributed by atoms with E-state index in [1.807, 2.05) is 12.1 Å². The zero-order valence-electron chi connectivity index (χ0n) is 20.0. The molecule has 2 aliphatic heterocycles. The van der Waals surface area contributed by atoms with E-state index < -0.39 is 17.8 Å². The van der Waals surface area contributed by atoms with Crippen molar-refractivity contribution >= 4 is 40.5 Å². The van der Waals surface area contributed by atoms with E-state index in [0.29, 0.717) is 49.2 Å². The van der Waals surface area contributed by atoms with Gasteiger partial charge >= 0.3 is 0 Å². The Kier molecular flexibility index (Phi) is 6.98. The smallest absolute Gasteiger partial charge is 0.278 e. The van der Waals surface area contributed by atoms with Crippen LogP contribution in [0, 0.1) is 18.2 Å². The van der Waals surface area contributed by atoms with Crippen LogP contribution in [-0.2, 0) is 9.53 Å². The first-order valence-corrected chi connectivity index (χ1v) is 12.4. The molecule has 0 aliphatic carbocycles. The summed E-state index contributed by atoms with van der Waals surface area (Å²) < 4.78 is 24.4. The molecule has 2 amide bonds. The molecule has 2 aliphatic rings. The normalized spacial score (nSPS) is 17.5. The Balaban J connectivity index is 1.56. The number of hydrogen-bond acceptors (Lipinski definition) is 9. The number of anilines is 3. The fraction of sp³-hybridized carbons (Fsp3) is 0.320. The minimum Gasteiger partial charge on any atom is -0.497 e. The van der Waals surface area contributed by atoms with Gasteiger partial charge in [-0.2, -0.15) is 0 Å². The van der Waals surface area contributed by atoms with Crippen LogP contribution in [0.1, 0.15) is 21.9 Å². The average Bonchev–Trinajstić information content (AvgIpc) is 3.57. The van der Waals surface area contributed by atoms with Gasteiger partial charge in [0, 0.05) is 42.8 Å². The van der Waals surface area contributed by atoms with Crippen molar-refractivity contribution in [2.45, 2.75) is 12.5 Å². The molecule has 12 heteroatoms. The highest BCUT2D eigenvalue weighted by Gasteiger charge is 2.42. The standard InChI is InChI=1S/C25H23FN6O4S/c1-3-22-29-20(15-37-22)23(33)32(21-4-5-31(24(21)34)25-27-13-16(26)14-28-25)18-10-17(11-19(12-18)35-2)30-6-8-36-9-7-30/h1,10-15,21H,4-9H2,2H3. The van der Waals surface area contributed by atoms with Crippen molar-refractivity contribution in [1.29, 1.82) is 0 Å². The Morgan fingerprint density at radius 1 is 1.24 bits per heavy atom. The minimum atomic E-state index is -0.873. The number of carbonyl (C=O) groups is 2. The second-order valence-corrected chi connectivity index (χ2v) is 9.20. The number of methoxy groups -OCH3 is 1. The molecule has 2 fully saturated rings. The molecule has 3 aromatic rings. The van der Waals surface area contributed by atoms with Gasteiger partial charge in [0.1, 0.15) is 17.5 Å². The van der Waals surface area contributed by atoms with Gasteiger partial charge in [0.25, 0.3) is 11.8 Å². The third kappa shape index (κ3) is 4.96. The number of nitrogens with zero attached hydrogens (tertiary/aromatic N) is 6. The van der Waals surface area contributed by atoms with Crippen LogP contribution in [-0.4, -0.2) is 72.8 Å². The molecule has 2 aromatic heterocycles. The molecule has 37 heavy (non-hydrogen) atoms. The Morgan fingerprint density at radius 2 is 2.00 bits per heavy atom. The van der Waals surface area contributed by atoms with E-state index in [1.54, 1.807) is 18.6 Å². The fourth-order valence-corrected chi connectivity index (χ4v) is 4.97. The van der Waals surface area contributed by atoms with Crippen LogP contribution in [0.5, 0.6) is 5.75 Å². The second-order valence-electron chi connectivity index (χ2n) is 8.34. The molecule has 1 unspecified atom stereocenters. The van der Waals surface area contributed by atoms with E-state index >= 15 is 0 Å². The fourth-order valence-electron chi connectivity index (χ4n) is 4.38. The predicted octanol–water partition coefficient (Wildman–Crippen LogP) is 2.35. The number of amides is 2. The first kappa shape index (κ1) is 24.6. The zero-order chi connectivity index (χ0) is 25.9. The van der Waals surface area contributed by atoms with Crippen LogP contribution in [0.3, 0.4) is 0 Å². The summed E-state index contributed by atoms with van der Waals surface area (Å²) in [5.74, 6) is 1.58. The summed E-state index contributed by atoms with van der Waals surface area (Å²) in [5.41, 5.74) is 1.45. The van der Waals surface area contributed by atoms with Gasteiger partial charge in [0.15, 0.2) is 10.8 Å². The molecule has 0 radical (unpaired) electrons. The van der Waals surface area contributed by atoms with Crippen LogP contribution in [0.4, 0.5) is 21.7 Å². The van der Waals surface area contributed by atoms with Gasteiger partial charge in [-0.3, -0.25) is 19.4 Å². The molecular weight excluding hydrogens is 499 g/mol. The van der Waals surface area contributed by atoms with E-state index in [2.05, 4.69) is 25.8 Å². The highest BCUT2D eigenvalue weighted by Crippen LogP contribution is 2.34. The largest absolute Gasteiger partial charge is 0.497 e. The first-order chi connectivity index (χ1) is 18.0. The van der Waals surface area contributed by atoms with Crippen LogP contribution in [0.2, 0.25) is 0 Å². The third-order valence-corrected chi connectivity index (χ3v) is 6.94. The molecule has 190 valence electrons. The summed E-state index contributed by atoms with van der Waals surface area (Å²) in [7, 11) is 1.54. The number of rotatable bonds is 6. The van der Waals surface area contributed by atoms with E-state index in [4.69, 9.17) is 15.9 Å². The first-order valence-electron chi connectivity index (χ1n) is 11.5. The van der Waals surface area contributed by atoms with Crippen molar-refractivity contribution < 1.29 is 23.5 Å². The summed E-state index contributed by atoms with van der Waals surface area (Å²) in [6.45, 7) is 2.77. The maximum absolute atomic E-state index is 13.9. The molecule has 0 spiro atoms. The number of carbonyl (C=O) groups excluding carboxylic acids is 2. The van der Waals surface area contributed by atoms with Crippen molar-refractivity contribution in [1.82, 2.24) is 15.0 Å². The number of halogens is 1. The summed E-state index contributed by atoms with van der Waals surface area (Å²) in [4.78, 5) is 44.5. The lowest BCUT2D eigenvalue weighted by molar-refractivity contribution is -0.118. The van der Waals surface area contributed by atoms with E-state index in [1.165, 1.54) is 21.1 Å². The van der Waals surface area contributed by atoms with Gasteiger partial charge in [-0.1, -0.05) is 0 Å². The molecular formula is C25H23FN6O4S. The van der Waals surface area contributed by atoms with Crippen molar-refractivity contribution in [3.05, 3.63) is 52.5 Å². The van der Waals surface area contributed by atoms with Crippen LogP contribution in [0.25, 0.3) is 0 Å². The highest BCUT2D eigenvalue weighted by molar-refractivity contribution is 7.10. The Hall–Kier alpha value is -4.08. The Morgan fingerprint density at radius 3 is 2.68 bits per heavy atom. The summed E-state index contributed by atoms with van der Waals surface area (Å²) in [6, 6.07) is 4.57. The molecule has 0 saturated carbocycles. The van der Waals surface area contributed by atoms with Crippen molar-refractivity contribution in [2.75, 3.05) is 54.7 Å². The van der Waals surface area contributed by atoms with E-state index in [-0.39, 0.29) is 24.1 Å². The van der Waals surface area contributed by atoms with Gasteiger partial charge in [-0.05, 0) is 18.4 Å². The lowest BCUT2D eigenvalue weighted by atomic mass is 10.1. The SMILES string of the molecule is C#Cc1nc(C(=O)N(c2cc(OC)cc(N3CCOCC3)c2)C2CCN(c3ncc(F)cn3)C2=O)cs1. The summed E-state index contributed by atoms with van der Waals surface area (Å²) in [5, 5.41) is 1.94. The van der Waals surface area contributed by atoms with Gasteiger partial charge in [0.2, 0.25) is 5.95 Å². The number of ether oxygens (including phenoxy) is 2. The molecule has 5 rings (SSSR count). The lowest BCUT2D eigenvalue weighted by Crippen LogP contribution is -2.46. The molecule has 0 N–H and O–H groups in total. The minimum absolute atomic E-state index is 0.0734. The van der Waals surface area contributed by atoms with Crippen molar-refractivity contribution in [2.24, 2.45) is 0 Å². The van der Waals surface area contributed by atoms with Crippen LogP contribution < -0.4 is 19.4 Å².